The van der Waals surface area contributed by atoms with Crippen LogP contribution in [0.1, 0.15) is 17.5 Å². The van der Waals surface area contributed by atoms with E-state index in [9.17, 15) is 13.2 Å². The molecule has 1 heterocycles. The zero-order valence-electron chi connectivity index (χ0n) is 16.6. The standard InChI is InChI=1S/C20H19BrN4O4S2/c1-3-19-23-24-20(30-19)25-31(27,28)15-8-6-14(7-9-15)22-18(26)11-5-13-4-10-17(29-2)16(21)12-13/h4-12H,3H2,1-2H3,(H,22,26)(H,24,25)/b11-5-. The van der Waals surface area contributed by atoms with Gasteiger partial charge in [0.2, 0.25) is 11.0 Å². The molecule has 0 aliphatic carbocycles. The maximum absolute atomic E-state index is 12.5. The first-order valence-electron chi connectivity index (χ1n) is 9.08. The minimum Gasteiger partial charge on any atom is -0.496 e. The highest BCUT2D eigenvalue weighted by Gasteiger charge is 2.16. The fourth-order valence-corrected chi connectivity index (χ4v) is 4.94. The number of methoxy groups -OCH3 is 1. The van der Waals surface area contributed by atoms with Gasteiger partial charge in [0.1, 0.15) is 10.8 Å². The van der Waals surface area contributed by atoms with E-state index in [1.165, 1.54) is 41.7 Å². The molecule has 11 heteroatoms. The first-order valence-corrected chi connectivity index (χ1v) is 12.2. The van der Waals surface area contributed by atoms with E-state index in [0.717, 1.165) is 15.0 Å². The normalized spacial score (nSPS) is 11.5. The Labute approximate surface area is 192 Å². The number of sulfonamides is 1. The Bertz CT molecular complexity index is 1210. The van der Waals surface area contributed by atoms with Gasteiger partial charge in [-0.25, -0.2) is 8.42 Å². The van der Waals surface area contributed by atoms with Gasteiger partial charge in [-0.2, -0.15) is 0 Å². The van der Waals surface area contributed by atoms with Gasteiger partial charge in [-0.1, -0.05) is 24.3 Å². The number of rotatable bonds is 8. The highest BCUT2D eigenvalue weighted by molar-refractivity contribution is 9.10. The Morgan fingerprint density at radius 2 is 1.94 bits per heavy atom. The molecular weight excluding hydrogens is 504 g/mol. The van der Waals surface area contributed by atoms with Crippen LogP contribution in [0.3, 0.4) is 0 Å². The van der Waals surface area contributed by atoms with Crippen molar-refractivity contribution in [1.82, 2.24) is 10.2 Å². The van der Waals surface area contributed by atoms with Gasteiger partial charge in [-0.3, -0.25) is 9.52 Å². The number of anilines is 2. The van der Waals surface area contributed by atoms with Gasteiger partial charge >= 0.3 is 0 Å². The van der Waals surface area contributed by atoms with Crippen molar-refractivity contribution in [3.63, 3.8) is 0 Å². The van der Waals surface area contributed by atoms with E-state index in [2.05, 4.69) is 36.2 Å². The molecule has 2 aromatic carbocycles. The van der Waals surface area contributed by atoms with E-state index in [1.54, 1.807) is 19.3 Å². The number of amides is 1. The number of nitrogens with zero attached hydrogens (tertiary/aromatic N) is 2. The molecular formula is C20H19BrN4O4S2. The molecule has 0 saturated carbocycles. The molecule has 0 saturated heterocycles. The monoisotopic (exact) mass is 522 g/mol. The largest absolute Gasteiger partial charge is 0.496 e. The second kappa shape index (κ2) is 10.0. The maximum atomic E-state index is 12.5. The van der Waals surface area contributed by atoms with Crippen molar-refractivity contribution in [2.24, 2.45) is 0 Å². The third kappa shape index (κ3) is 6.12. The lowest BCUT2D eigenvalue weighted by molar-refractivity contribution is -0.111. The molecule has 31 heavy (non-hydrogen) atoms. The quantitative estimate of drug-likeness (QED) is 0.426. The molecule has 3 rings (SSSR count). The lowest BCUT2D eigenvalue weighted by Crippen LogP contribution is -2.13. The lowest BCUT2D eigenvalue weighted by Gasteiger charge is -2.07. The van der Waals surface area contributed by atoms with Crippen LogP contribution in [0.5, 0.6) is 5.75 Å². The summed E-state index contributed by atoms with van der Waals surface area (Å²) in [5, 5.41) is 11.4. The van der Waals surface area contributed by atoms with Gasteiger partial charge in [0.05, 0.1) is 16.5 Å². The van der Waals surface area contributed by atoms with E-state index < -0.39 is 10.0 Å². The third-order valence-corrected chi connectivity index (χ3v) is 7.11. The molecule has 0 atom stereocenters. The topological polar surface area (TPSA) is 110 Å². The van der Waals surface area contributed by atoms with Crippen LogP contribution < -0.4 is 14.8 Å². The zero-order chi connectivity index (χ0) is 22.4. The number of benzene rings is 2. The summed E-state index contributed by atoms with van der Waals surface area (Å²) in [6.45, 7) is 1.91. The predicted molar refractivity (Wildman–Crippen MR) is 125 cm³/mol. The van der Waals surface area contributed by atoms with Gasteiger partial charge in [-0.15, -0.1) is 10.2 Å². The minimum absolute atomic E-state index is 0.0531. The number of hydrogen-bond acceptors (Lipinski definition) is 7. The van der Waals surface area contributed by atoms with Crippen molar-refractivity contribution in [3.05, 3.63) is 63.6 Å². The van der Waals surface area contributed by atoms with Gasteiger partial charge < -0.3 is 10.1 Å². The zero-order valence-corrected chi connectivity index (χ0v) is 19.8. The van der Waals surface area contributed by atoms with Crippen molar-refractivity contribution in [1.29, 1.82) is 0 Å². The van der Waals surface area contributed by atoms with E-state index in [1.807, 2.05) is 19.1 Å². The molecule has 0 unspecified atom stereocenters. The third-order valence-electron chi connectivity index (χ3n) is 4.03. The number of aromatic nitrogens is 2. The van der Waals surface area contributed by atoms with Crippen LogP contribution in [0, 0.1) is 0 Å². The molecule has 162 valence electrons. The van der Waals surface area contributed by atoms with E-state index in [-0.39, 0.29) is 15.9 Å². The Morgan fingerprint density at radius 1 is 1.19 bits per heavy atom. The molecule has 8 nitrogen and oxygen atoms in total. The summed E-state index contributed by atoms with van der Waals surface area (Å²) >= 11 is 4.58. The summed E-state index contributed by atoms with van der Waals surface area (Å²) in [5.74, 6) is 0.352. The van der Waals surface area contributed by atoms with Crippen molar-refractivity contribution >= 4 is 60.1 Å². The summed E-state index contributed by atoms with van der Waals surface area (Å²) in [6.07, 6.45) is 3.73. The number of aryl methyl sites for hydroxylation is 1. The van der Waals surface area contributed by atoms with Gasteiger partial charge in [0.15, 0.2) is 0 Å². The molecule has 3 aromatic rings. The highest BCUT2D eigenvalue weighted by atomic mass is 79.9. The fourth-order valence-electron chi connectivity index (χ4n) is 2.47. The van der Waals surface area contributed by atoms with Crippen molar-refractivity contribution in [3.8, 4) is 5.75 Å². The summed E-state index contributed by atoms with van der Waals surface area (Å²) < 4.78 is 33.3. The Balaban J connectivity index is 1.63. The second-order valence-electron chi connectivity index (χ2n) is 6.20. The molecule has 0 fully saturated rings. The number of ether oxygens (including phenoxy) is 1. The molecule has 1 aromatic heterocycles. The van der Waals surface area contributed by atoms with Crippen LogP contribution in [0.25, 0.3) is 6.08 Å². The first-order chi connectivity index (χ1) is 14.8. The number of nitrogens with one attached hydrogen (secondary N) is 2. The summed E-state index contributed by atoms with van der Waals surface area (Å²) in [6, 6.07) is 11.3. The summed E-state index contributed by atoms with van der Waals surface area (Å²) in [5.41, 5.74) is 1.28. The predicted octanol–water partition coefficient (Wildman–Crippen LogP) is 4.32. The lowest BCUT2D eigenvalue weighted by atomic mass is 10.2. The number of carbonyl (C=O) groups excluding carboxylic acids is 1. The van der Waals surface area contributed by atoms with Crippen molar-refractivity contribution < 1.29 is 17.9 Å². The minimum atomic E-state index is -3.79. The average molecular weight is 523 g/mol. The van der Waals surface area contributed by atoms with Crippen molar-refractivity contribution in [2.45, 2.75) is 18.2 Å². The summed E-state index contributed by atoms with van der Waals surface area (Å²) in [4.78, 5) is 12.2. The van der Waals surface area contributed by atoms with Crippen LogP contribution in [0.2, 0.25) is 0 Å². The highest BCUT2D eigenvalue weighted by Crippen LogP contribution is 2.26. The molecule has 0 spiro atoms. The van der Waals surface area contributed by atoms with Crippen LogP contribution in [0.15, 0.2) is 57.9 Å². The molecule has 0 aliphatic rings. The number of carbonyl (C=O) groups is 1. The van der Waals surface area contributed by atoms with E-state index in [0.29, 0.717) is 17.9 Å². The van der Waals surface area contributed by atoms with Crippen LogP contribution in [-0.2, 0) is 21.2 Å². The van der Waals surface area contributed by atoms with Crippen molar-refractivity contribution in [2.75, 3.05) is 17.1 Å². The molecule has 0 radical (unpaired) electrons. The van der Waals surface area contributed by atoms with Crippen LogP contribution in [-0.4, -0.2) is 31.6 Å². The van der Waals surface area contributed by atoms with Gasteiger partial charge in [-0.05, 0) is 70.4 Å². The average Bonchev–Trinajstić information content (AvgIpc) is 3.19. The van der Waals surface area contributed by atoms with Gasteiger partial charge in [0, 0.05) is 11.8 Å². The molecule has 0 aliphatic heterocycles. The SMILES string of the molecule is CCc1nnc(NS(=O)(=O)c2ccc(NC(=O)/C=C\c3ccc(OC)c(Br)c3)cc2)s1. The Kier molecular flexibility index (Phi) is 7.42. The Morgan fingerprint density at radius 3 is 2.55 bits per heavy atom. The first kappa shape index (κ1) is 22.9. The fraction of sp³-hybridized carbons (Fsp3) is 0.150. The van der Waals surface area contributed by atoms with Crippen LogP contribution in [0.4, 0.5) is 10.8 Å². The molecule has 1 amide bonds. The second-order valence-corrected chi connectivity index (χ2v) is 9.80. The maximum Gasteiger partial charge on any atom is 0.263 e. The van der Waals surface area contributed by atoms with Crippen LogP contribution >= 0.6 is 27.3 Å². The number of halogens is 1. The molecule has 0 bridgehead atoms. The van der Waals surface area contributed by atoms with E-state index >= 15 is 0 Å². The number of hydrogen-bond donors (Lipinski definition) is 2. The van der Waals surface area contributed by atoms with Gasteiger partial charge in [0.25, 0.3) is 10.0 Å². The smallest absolute Gasteiger partial charge is 0.263 e. The van der Waals surface area contributed by atoms with E-state index in [4.69, 9.17) is 4.74 Å². The Hall–Kier alpha value is -2.76. The molecule has 2 N–H and O–H groups in total. The summed E-state index contributed by atoms with van der Waals surface area (Å²) in [7, 11) is -2.22.